The third-order valence-corrected chi connectivity index (χ3v) is 5.79. The highest BCUT2D eigenvalue weighted by Crippen LogP contribution is 2.32. The van der Waals surface area contributed by atoms with Gasteiger partial charge in [0.25, 0.3) is 11.8 Å². The van der Waals surface area contributed by atoms with E-state index in [1.165, 1.54) is 54.5 Å². The first kappa shape index (κ1) is 27.5. The van der Waals surface area contributed by atoms with Crippen molar-refractivity contribution in [3.63, 3.8) is 0 Å². The van der Waals surface area contributed by atoms with Gasteiger partial charge in [0.2, 0.25) is 0 Å². The molecule has 4 rings (SSSR count). The molecule has 0 bridgehead atoms. The maximum Gasteiger partial charge on any atom is 0.416 e. The number of aliphatic hydroxyl groups excluding tert-OH is 1. The highest BCUT2D eigenvalue weighted by Gasteiger charge is 2.31. The summed E-state index contributed by atoms with van der Waals surface area (Å²) in [5, 5.41) is 17.7. The van der Waals surface area contributed by atoms with Gasteiger partial charge < -0.3 is 10.4 Å². The molecule has 4 aromatic rings. The second kappa shape index (κ2) is 11.9. The number of aliphatic hydroxyl groups is 1. The molecule has 2 heterocycles. The number of carbonyl (C=O) groups excluding carboxylic acids is 2. The van der Waals surface area contributed by atoms with Crippen molar-refractivity contribution in [2.75, 3.05) is 7.11 Å². The Labute approximate surface area is 221 Å². The van der Waals surface area contributed by atoms with E-state index in [0.29, 0.717) is 0 Å². The van der Waals surface area contributed by atoms with E-state index in [1.807, 2.05) is 6.07 Å². The zero-order chi connectivity index (χ0) is 28.0. The minimum absolute atomic E-state index is 0.0635. The summed E-state index contributed by atoms with van der Waals surface area (Å²) in [7, 11) is 1.22. The lowest BCUT2D eigenvalue weighted by atomic mass is 10.00. The molecule has 0 fully saturated rings. The summed E-state index contributed by atoms with van der Waals surface area (Å²) >= 11 is 0. The quantitative estimate of drug-likeness (QED) is 0.281. The van der Waals surface area contributed by atoms with Crippen LogP contribution in [-0.2, 0) is 22.2 Å². The molecule has 0 spiro atoms. The fourth-order valence-electron chi connectivity index (χ4n) is 3.91. The number of pyridine rings is 1. The average Bonchev–Trinajstić information content (AvgIpc) is 3.43. The minimum atomic E-state index is -4.51. The molecular weight excluding hydrogens is 515 g/mol. The topological polar surface area (TPSA) is 118 Å². The Morgan fingerprint density at radius 1 is 1.05 bits per heavy atom. The van der Waals surface area contributed by atoms with Crippen LogP contribution in [0.25, 0.3) is 17.1 Å². The lowest BCUT2D eigenvalue weighted by Gasteiger charge is -2.24. The Morgan fingerprint density at radius 2 is 1.82 bits per heavy atom. The van der Waals surface area contributed by atoms with Crippen molar-refractivity contribution in [1.82, 2.24) is 25.6 Å². The third-order valence-electron chi connectivity index (χ3n) is 5.79. The van der Waals surface area contributed by atoms with Crippen molar-refractivity contribution in [2.45, 2.75) is 24.7 Å². The predicted octanol–water partition coefficient (Wildman–Crippen LogP) is 3.33. The van der Waals surface area contributed by atoms with Gasteiger partial charge in [-0.15, -0.1) is 0 Å². The Hall–Kier alpha value is -4.55. The number of hydrogen-bond donors (Lipinski definition) is 3. The largest absolute Gasteiger partial charge is 0.416 e. The van der Waals surface area contributed by atoms with Crippen molar-refractivity contribution in [1.29, 1.82) is 0 Å². The number of rotatable bonds is 9. The standard InChI is InChI=1S/C27H24F3N5O4/c1-39-34-26(38)23(36)22(15-17-7-3-2-4-8-17)32-25(37)20-11-6-13-31-24(20)35-14-12-21(33-35)18-9-5-10-19(16-18)27(28,29)30/h2-14,16,22-23,36H,15H2,1H3,(H,32,37)(H,34,38). The fourth-order valence-corrected chi connectivity index (χ4v) is 3.91. The lowest BCUT2D eigenvalue weighted by molar-refractivity contribution is -0.141. The van der Waals surface area contributed by atoms with Crippen LogP contribution in [0.2, 0.25) is 0 Å². The molecule has 2 aromatic heterocycles. The maximum atomic E-state index is 13.4. The van der Waals surface area contributed by atoms with Gasteiger partial charge in [0, 0.05) is 18.0 Å². The highest BCUT2D eigenvalue weighted by molar-refractivity contribution is 5.97. The minimum Gasteiger partial charge on any atom is -0.381 e. The van der Waals surface area contributed by atoms with Gasteiger partial charge in [-0.05, 0) is 42.3 Å². The summed E-state index contributed by atoms with van der Waals surface area (Å²) in [5.41, 5.74) is 2.55. The Bertz CT molecular complexity index is 1440. The summed E-state index contributed by atoms with van der Waals surface area (Å²) in [6, 6.07) is 17.2. The number of halogens is 3. The van der Waals surface area contributed by atoms with Gasteiger partial charge in [-0.2, -0.15) is 18.3 Å². The van der Waals surface area contributed by atoms with E-state index in [1.54, 1.807) is 24.3 Å². The predicted molar refractivity (Wildman–Crippen MR) is 134 cm³/mol. The van der Waals surface area contributed by atoms with Crippen LogP contribution >= 0.6 is 0 Å². The fraction of sp³-hybridized carbons (Fsp3) is 0.185. The number of hydroxylamine groups is 1. The van der Waals surface area contributed by atoms with Crippen LogP contribution in [0.3, 0.4) is 0 Å². The Balaban J connectivity index is 1.61. The zero-order valence-corrected chi connectivity index (χ0v) is 20.6. The summed E-state index contributed by atoms with van der Waals surface area (Å²) in [5.74, 6) is -1.40. The zero-order valence-electron chi connectivity index (χ0n) is 20.6. The van der Waals surface area contributed by atoms with Gasteiger partial charge in [-0.3, -0.25) is 14.4 Å². The summed E-state index contributed by atoms with van der Waals surface area (Å²) in [6.07, 6.45) is -3.13. The molecule has 3 N–H and O–H groups in total. The molecule has 0 saturated heterocycles. The van der Waals surface area contributed by atoms with Gasteiger partial charge in [-0.25, -0.2) is 15.1 Å². The van der Waals surface area contributed by atoms with E-state index in [-0.39, 0.29) is 29.1 Å². The van der Waals surface area contributed by atoms with E-state index in [4.69, 9.17) is 0 Å². The second-order valence-electron chi connectivity index (χ2n) is 8.48. The lowest BCUT2D eigenvalue weighted by Crippen LogP contribution is -2.51. The number of nitrogens with one attached hydrogen (secondary N) is 2. The molecule has 2 unspecified atom stereocenters. The van der Waals surface area contributed by atoms with Crippen LogP contribution in [0, 0.1) is 0 Å². The number of carbonyl (C=O) groups is 2. The van der Waals surface area contributed by atoms with Crippen molar-refractivity contribution in [3.05, 3.63) is 102 Å². The van der Waals surface area contributed by atoms with Gasteiger partial charge in [0.15, 0.2) is 11.9 Å². The molecule has 0 aliphatic carbocycles. The van der Waals surface area contributed by atoms with Gasteiger partial charge in [0.1, 0.15) is 0 Å². The first-order valence-corrected chi connectivity index (χ1v) is 11.7. The normalized spacial score (nSPS) is 12.9. The molecule has 0 radical (unpaired) electrons. The first-order chi connectivity index (χ1) is 18.7. The monoisotopic (exact) mass is 539 g/mol. The average molecular weight is 540 g/mol. The van der Waals surface area contributed by atoms with Crippen LogP contribution < -0.4 is 10.8 Å². The molecule has 2 amide bonds. The molecular formula is C27H24F3N5O4. The number of aromatic nitrogens is 3. The van der Waals surface area contributed by atoms with Crippen molar-refractivity contribution in [3.8, 4) is 17.1 Å². The van der Waals surface area contributed by atoms with Gasteiger partial charge >= 0.3 is 6.18 Å². The van der Waals surface area contributed by atoms with Crippen molar-refractivity contribution >= 4 is 11.8 Å². The van der Waals surface area contributed by atoms with Crippen LogP contribution in [0.4, 0.5) is 13.2 Å². The molecule has 202 valence electrons. The Morgan fingerprint density at radius 3 is 2.54 bits per heavy atom. The van der Waals surface area contributed by atoms with E-state index in [0.717, 1.165) is 17.7 Å². The molecule has 0 aliphatic rings. The van der Waals surface area contributed by atoms with Crippen LogP contribution in [0.1, 0.15) is 21.5 Å². The van der Waals surface area contributed by atoms with Crippen molar-refractivity contribution in [2.24, 2.45) is 0 Å². The Kier molecular flexibility index (Phi) is 8.37. The van der Waals surface area contributed by atoms with Crippen LogP contribution in [0.5, 0.6) is 0 Å². The smallest absolute Gasteiger partial charge is 0.381 e. The molecule has 2 aromatic carbocycles. The highest BCUT2D eigenvalue weighted by atomic mass is 19.4. The summed E-state index contributed by atoms with van der Waals surface area (Å²) in [4.78, 5) is 34.5. The summed E-state index contributed by atoms with van der Waals surface area (Å²) in [6.45, 7) is 0. The number of benzene rings is 2. The number of nitrogens with zero attached hydrogens (tertiary/aromatic N) is 3. The number of alkyl halides is 3. The number of hydrogen-bond acceptors (Lipinski definition) is 6. The first-order valence-electron chi connectivity index (χ1n) is 11.7. The molecule has 0 saturated carbocycles. The van der Waals surface area contributed by atoms with Crippen LogP contribution in [0.15, 0.2) is 85.2 Å². The maximum absolute atomic E-state index is 13.4. The molecule has 2 atom stereocenters. The van der Waals surface area contributed by atoms with Crippen LogP contribution in [-0.4, -0.2) is 50.9 Å². The van der Waals surface area contributed by atoms with E-state index >= 15 is 0 Å². The summed E-state index contributed by atoms with van der Waals surface area (Å²) < 4.78 is 40.7. The van der Waals surface area contributed by atoms with E-state index in [2.05, 4.69) is 25.7 Å². The molecule has 39 heavy (non-hydrogen) atoms. The second-order valence-corrected chi connectivity index (χ2v) is 8.48. The van der Waals surface area contributed by atoms with Gasteiger partial charge in [0.05, 0.1) is 30.0 Å². The van der Waals surface area contributed by atoms with Gasteiger partial charge in [-0.1, -0.05) is 42.5 Å². The third kappa shape index (κ3) is 6.67. The van der Waals surface area contributed by atoms with E-state index < -0.39 is 35.7 Å². The molecule has 9 nitrogen and oxygen atoms in total. The molecule has 0 aliphatic heterocycles. The van der Waals surface area contributed by atoms with E-state index in [9.17, 15) is 27.9 Å². The number of amides is 2. The SMILES string of the molecule is CONC(=O)C(O)C(Cc1ccccc1)NC(=O)c1cccnc1-n1ccc(-c2cccc(C(F)(F)F)c2)n1. The van der Waals surface area contributed by atoms with Crippen molar-refractivity contribution < 1.29 is 32.7 Å². The molecule has 12 heteroatoms.